The van der Waals surface area contributed by atoms with Crippen molar-refractivity contribution in [3.63, 3.8) is 0 Å². The smallest absolute Gasteiger partial charge is 0.0710 e. The van der Waals surface area contributed by atoms with Gasteiger partial charge in [-0.05, 0) is 82.9 Å². The van der Waals surface area contributed by atoms with Crippen LogP contribution in [0.3, 0.4) is 0 Å². The monoisotopic (exact) mass is 645 g/mol. The Hall–Kier alpha value is -5.93. The molecule has 3 heteroatoms. The SMILES string of the molecule is CC1(C)c2ccccc2N(c2cccc(-c3cccc(-c4cccc(N5c6ccccc6C(C)(C)c6ccccc65)c4)n3)c2)c2ccccc21. The van der Waals surface area contributed by atoms with E-state index in [0.29, 0.717) is 0 Å². The van der Waals surface area contributed by atoms with Crippen molar-refractivity contribution in [1.29, 1.82) is 0 Å². The van der Waals surface area contributed by atoms with E-state index < -0.39 is 0 Å². The zero-order valence-electron chi connectivity index (χ0n) is 28.9. The Morgan fingerprint density at radius 2 is 0.680 bits per heavy atom. The van der Waals surface area contributed by atoms with Crippen molar-refractivity contribution in [2.75, 3.05) is 9.80 Å². The molecule has 9 rings (SSSR count). The molecule has 0 N–H and O–H groups in total. The van der Waals surface area contributed by atoms with Crippen LogP contribution < -0.4 is 9.80 Å². The molecule has 6 aromatic carbocycles. The minimum Gasteiger partial charge on any atom is -0.310 e. The molecule has 0 atom stereocenters. The Morgan fingerprint density at radius 1 is 0.360 bits per heavy atom. The Bertz CT molecular complexity index is 2150. The normalized spacial score (nSPS) is 15.0. The molecule has 0 saturated heterocycles. The van der Waals surface area contributed by atoms with E-state index in [4.69, 9.17) is 4.98 Å². The quantitative estimate of drug-likeness (QED) is 0.190. The van der Waals surface area contributed by atoms with E-state index in [-0.39, 0.29) is 10.8 Å². The molecule has 50 heavy (non-hydrogen) atoms. The number of pyridine rings is 1. The number of para-hydroxylation sites is 4. The second-order valence-electron chi connectivity index (χ2n) is 14.5. The summed E-state index contributed by atoms with van der Waals surface area (Å²) >= 11 is 0. The van der Waals surface area contributed by atoms with Crippen molar-refractivity contribution in [3.05, 3.63) is 186 Å². The largest absolute Gasteiger partial charge is 0.310 e. The van der Waals surface area contributed by atoms with Crippen LogP contribution >= 0.6 is 0 Å². The minimum absolute atomic E-state index is 0.0969. The van der Waals surface area contributed by atoms with Gasteiger partial charge in [0.25, 0.3) is 0 Å². The summed E-state index contributed by atoms with van der Waals surface area (Å²) in [4.78, 5) is 10.1. The lowest BCUT2D eigenvalue weighted by Gasteiger charge is -2.42. The Balaban J connectivity index is 1.11. The first-order chi connectivity index (χ1) is 24.3. The van der Waals surface area contributed by atoms with Crippen LogP contribution in [0.25, 0.3) is 22.5 Å². The summed E-state index contributed by atoms with van der Waals surface area (Å²) in [5, 5.41) is 0. The molecule has 0 bridgehead atoms. The van der Waals surface area contributed by atoms with Crippen molar-refractivity contribution < 1.29 is 0 Å². The van der Waals surface area contributed by atoms with Gasteiger partial charge in [0.1, 0.15) is 0 Å². The Morgan fingerprint density at radius 3 is 1.04 bits per heavy atom. The minimum atomic E-state index is -0.0969. The average Bonchev–Trinajstić information content (AvgIpc) is 3.16. The van der Waals surface area contributed by atoms with Crippen LogP contribution in [0.5, 0.6) is 0 Å². The summed E-state index contributed by atoms with van der Waals surface area (Å²) in [5.74, 6) is 0. The fourth-order valence-electron chi connectivity index (χ4n) is 8.26. The number of hydrogen-bond acceptors (Lipinski definition) is 3. The molecule has 0 radical (unpaired) electrons. The zero-order valence-corrected chi connectivity index (χ0v) is 28.9. The highest BCUT2D eigenvalue weighted by Crippen LogP contribution is 2.53. The molecule has 0 amide bonds. The van der Waals surface area contributed by atoms with Crippen molar-refractivity contribution in [1.82, 2.24) is 4.98 Å². The van der Waals surface area contributed by atoms with Crippen LogP contribution in [0.15, 0.2) is 164 Å². The zero-order chi connectivity index (χ0) is 34.0. The molecule has 0 aliphatic carbocycles. The van der Waals surface area contributed by atoms with Gasteiger partial charge in [0.15, 0.2) is 0 Å². The first-order valence-corrected chi connectivity index (χ1v) is 17.5. The molecule has 3 heterocycles. The molecule has 3 nitrogen and oxygen atoms in total. The molecule has 242 valence electrons. The van der Waals surface area contributed by atoms with Gasteiger partial charge in [0.2, 0.25) is 0 Å². The molecule has 0 unspecified atom stereocenters. The lowest BCUT2D eigenvalue weighted by molar-refractivity contribution is 0.632. The van der Waals surface area contributed by atoms with Gasteiger partial charge in [-0.3, -0.25) is 0 Å². The van der Waals surface area contributed by atoms with E-state index in [2.05, 4.69) is 201 Å². The molecule has 2 aliphatic heterocycles. The van der Waals surface area contributed by atoms with Gasteiger partial charge >= 0.3 is 0 Å². The van der Waals surface area contributed by atoms with E-state index in [9.17, 15) is 0 Å². The molecule has 7 aromatic rings. The lowest BCUT2D eigenvalue weighted by atomic mass is 9.73. The first-order valence-electron chi connectivity index (χ1n) is 17.5. The predicted molar refractivity (Wildman–Crippen MR) is 209 cm³/mol. The molecule has 0 fully saturated rings. The lowest BCUT2D eigenvalue weighted by Crippen LogP contribution is -2.30. The average molecular weight is 646 g/mol. The standard InChI is InChI=1S/C47H39N3/c1-46(2)36-20-5-9-26-42(36)49(43-27-10-6-21-37(43)46)34-18-13-16-32(30-34)40-24-15-25-41(48-40)33-17-14-19-35(31-33)50-44-28-11-7-22-38(44)47(3,4)39-23-8-12-29-45(39)50/h5-31H,1-4H3. The third kappa shape index (κ3) is 4.61. The van der Waals surface area contributed by atoms with Gasteiger partial charge in [0.05, 0.1) is 34.1 Å². The number of nitrogens with zero attached hydrogens (tertiary/aromatic N) is 3. The Kier molecular flexibility index (Phi) is 6.82. The summed E-state index contributed by atoms with van der Waals surface area (Å²) in [6, 6.07) is 59.2. The summed E-state index contributed by atoms with van der Waals surface area (Å²) in [6.45, 7) is 9.30. The molecule has 0 saturated carbocycles. The van der Waals surface area contributed by atoms with Crippen LogP contribution in [0.1, 0.15) is 49.9 Å². The topological polar surface area (TPSA) is 19.4 Å². The van der Waals surface area contributed by atoms with Crippen molar-refractivity contribution >= 4 is 34.1 Å². The van der Waals surface area contributed by atoms with Crippen LogP contribution in [-0.4, -0.2) is 4.98 Å². The molecule has 0 spiro atoms. The Labute approximate surface area is 295 Å². The van der Waals surface area contributed by atoms with E-state index in [1.54, 1.807) is 0 Å². The number of aromatic nitrogens is 1. The van der Waals surface area contributed by atoms with E-state index >= 15 is 0 Å². The second kappa shape index (κ2) is 11.3. The fraction of sp³-hybridized carbons (Fsp3) is 0.128. The summed E-state index contributed by atoms with van der Waals surface area (Å²) in [6.07, 6.45) is 0. The third-order valence-corrected chi connectivity index (χ3v) is 10.8. The van der Waals surface area contributed by atoms with Gasteiger partial charge < -0.3 is 9.80 Å². The number of benzene rings is 6. The van der Waals surface area contributed by atoms with Crippen molar-refractivity contribution in [2.24, 2.45) is 0 Å². The maximum Gasteiger partial charge on any atom is 0.0710 e. The van der Waals surface area contributed by atoms with Gasteiger partial charge in [-0.25, -0.2) is 4.98 Å². The molecule has 2 aliphatic rings. The number of hydrogen-bond donors (Lipinski definition) is 0. The summed E-state index contributed by atoms with van der Waals surface area (Å²) in [7, 11) is 0. The van der Waals surface area contributed by atoms with Crippen LogP contribution in [0.2, 0.25) is 0 Å². The highest BCUT2D eigenvalue weighted by atomic mass is 15.2. The van der Waals surface area contributed by atoms with E-state index in [1.165, 1.54) is 45.0 Å². The molecular formula is C47H39N3. The predicted octanol–water partition coefficient (Wildman–Crippen LogP) is 12.6. The summed E-state index contributed by atoms with van der Waals surface area (Å²) < 4.78 is 0. The molecular weight excluding hydrogens is 607 g/mol. The molecule has 1 aromatic heterocycles. The van der Waals surface area contributed by atoms with Gasteiger partial charge in [-0.2, -0.15) is 0 Å². The second-order valence-corrected chi connectivity index (χ2v) is 14.5. The number of fused-ring (bicyclic) bond motifs is 4. The van der Waals surface area contributed by atoms with Gasteiger partial charge in [0, 0.05) is 33.3 Å². The van der Waals surface area contributed by atoms with Crippen LogP contribution in [0, 0.1) is 0 Å². The van der Waals surface area contributed by atoms with Gasteiger partial charge in [-0.1, -0.05) is 131 Å². The summed E-state index contributed by atoms with van der Waals surface area (Å²) in [5.41, 5.74) is 16.3. The van der Waals surface area contributed by atoms with Crippen molar-refractivity contribution in [3.8, 4) is 22.5 Å². The number of rotatable bonds is 4. The highest BCUT2D eigenvalue weighted by Gasteiger charge is 2.37. The maximum absolute atomic E-state index is 5.27. The maximum atomic E-state index is 5.27. The number of anilines is 6. The fourth-order valence-corrected chi connectivity index (χ4v) is 8.26. The van der Waals surface area contributed by atoms with Crippen LogP contribution in [0.4, 0.5) is 34.1 Å². The highest BCUT2D eigenvalue weighted by molar-refractivity contribution is 5.89. The van der Waals surface area contributed by atoms with E-state index in [0.717, 1.165) is 33.9 Å². The van der Waals surface area contributed by atoms with Gasteiger partial charge in [-0.15, -0.1) is 0 Å². The third-order valence-electron chi connectivity index (χ3n) is 10.8. The van der Waals surface area contributed by atoms with E-state index in [1.807, 2.05) is 0 Å². The van der Waals surface area contributed by atoms with Crippen molar-refractivity contribution in [2.45, 2.75) is 38.5 Å². The first kappa shape index (κ1) is 30.2. The van der Waals surface area contributed by atoms with Crippen LogP contribution in [-0.2, 0) is 10.8 Å².